The summed E-state index contributed by atoms with van der Waals surface area (Å²) in [6, 6.07) is -0.175. The van der Waals surface area contributed by atoms with Crippen LogP contribution in [0.3, 0.4) is 0 Å². The molecule has 0 spiro atoms. The third kappa shape index (κ3) is 11.1. The average Bonchev–Trinajstić information content (AvgIpc) is 2.65. The van der Waals surface area contributed by atoms with Gasteiger partial charge in [0.2, 0.25) is 0 Å². The Kier molecular flexibility index (Phi) is 13.4. The summed E-state index contributed by atoms with van der Waals surface area (Å²) in [4.78, 5) is 11.5. The summed E-state index contributed by atoms with van der Waals surface area (Å²) in [5.74, 6) is 0.566. The van der Waals surface area contributed by atoms with Crippen LogP contribution in [-0.4, -0.2) is 91.9 Å². The van der Waals surface area contributed by atoms with Crippen molar-refractivity contribution >= 4 is 6.03 Å². The van der Waals surface area contributed by atoms with E-state index in [1.54, 1.807) is 0 Å². The van der Waals surface area contributed by atoms with Crippen molar-refractivity contribution in [3.05, 3.63) is 0 Å². The van der Waals surface area contributed by atoms with Gasteiger partial charge in [0.25, 0.3) is 0 Å². The van der Waals surface area contributed by atoms with Crippen LogP contribution in [0.5, 0.6) is 0 Å². The van der Waals surface area contributed by atoms with Gasteiger partial charge in [-0.05, 0) is 25.2 Å². The van der Waals surface area contributed by atoms with Crippen LogP contribution in [0, 0.1) is 5.92 Å². The predicted octanol–water partition coefficient (Wildman–Crippen LogP) is 0.0167. The number of hydrogen-bond donors (Lipinski definition) is 5. The van der Waals surface area contributed by atoms with Gasteiger partial charge in [0.05, 0.1) is 38.6 Å². The molecule has 166 valence electrons. The highest BCUT2D eigenvalue weighted by atomic mass is 16.5. The first kappa shape index (κ1) is 25.1. The van der Waals surface area contributed by atoms with Gasteiger partial charge < -0.3 is 40.2 Å². The van der Waals surface area contributed by atoms with Crippen LogP contribution in [0.15, 0.2) is 0 Å². The second kappa shape index (κ2) is 14.9. The van der Waals surface area contributed by atoms with Gasteiger partial charge in [0, 0.05) is 26.1 Å². The Labute approximate surface area is 167 Å². The van der Waals surface area contributed by atoms with Crippen molar-refractivity contribution in [2.24, 2.45) is 5.92 Å². The molecule has 4 unspecified atom stereocenters. The molecule has 0 aromatic heterocycles. The second-order valence-electron chi connectivity index (χ2n) is 7.50. The zero-order valence-electron chi connectivity index (χ0n) is 17.1. The Morgan fingerprint density at radius 3 is 2.46 bits per heavy atom. The number of carbonyl (C=O) groups is 1. The maximum Gasteiger partial charge on any atom is 0.314 e. The summed E-state index contributed by atoms with van der Waals surface area (Å²) >= 11 is 0. The van der Waals surface area contributed by atoms with E-state index in [1.165, 1.54) is 0 Å². The number of carbonyl (C=O) groups excluding carboxylic acids is 1. The molecular weight excluding hydrogens is 368 g/mol. The molecule has 4 atom stereocenters. The zero-order valence-corrected chi connectivity index (χ0v) is 17.1. The normalized spacial score (nSPS) is 25.1. The summed E-state index contributed by atoms with van der Waals surface area (Å²) in [5.41, 5.74) is 0. The Bertz CT molecular complexity index is 412. The number of hydrogen-bond acceptors (Lipinski definition) is 7. The van der Waals surface area contributed by atoms with Crippen LogP contribution in [0.4, 0.5) is 4.79 Å². The van der Waals surface area contributed by atoms with Crippen LogP contribution >= 0.6 is 0 Å². The van der Waals surface area contributed by atoms with Crippen LogP contribution < -0.4 is 10.6 Å². The lowest BCUT2D eigenvalue weighted by Gasteiger charge is -2.36. The largest absolute Gasteiger partial charge is 0.394 e. The monoisotopic (exact) mass is 406 g/mol. The van der Waals surface area contributed by atoms with E-state index < -0.39 is 18.3 Å². The molecular formula is C19H38N2O7. The number of rotatable bonds is 14. The summed E-state index contributed by atoms with van der Waals surface area (Å²) in [5, 5.41) is 34.1. The topological polar surface area (TPSA) is 130 Å². The van der Waals surface area contributed by atoms with E-state index in [0.29, 0.717) is 58.3 Å². The predicted molar refractivity (Wildman–Crippen MR) is 104 cm³/mol. The first-order valence-electron chi connectivity index (χ1n) is 10.2. The lowest BCUT2D eigenvalue weighted by atomic mass is 9.96. The minimum absolute atomic E-state index is 0.175. The summed E-state index contributed by atoms with van der Waals surface area (Å²) < 4.78 is 16.5. The molecule has 1 saturated heterocycles. The molecule has 9 heteroatoms. The van der Waals surface area contributed by atoms with Crippen molar-refractivity contribution in [2.45, 2.75) is 63.9 Å². The highest BCUT2D eigenvalue weighted by molar-refractivity contribution is 5.73. The van der Waals surface area contributed by atoms with Crippen molar-refractivity contribution in [1.29, 1.82) is 0 Å². The van der Waals surface area contributed by atoms with Crippen molar-refractivity contribution in [3.63, 3.8) is 0 Å². The standard InChI is InChI=1S/C19H38N2O7/c1-14(2)5-6-20-19(25)21-7-9-27-11-10-26-8-3-4-15-12-16(23)18(24)17(13-22)28-15/h14-18,22-24H,3-13H2,1-2H3,(H2,20,21,25). The van der Waals surface area contributed by atoms with E-state index >= 15 is 0 Å². The van der Waals surface area contributed by atoms with Gasteiger partial charge in [-0.3, -0.25) is 0 Å². The van der Waals surface area contributed by atoms with E-state index in [-0.39, 0.29) is 18.7 Å². The van der Waals surface area contributed by atoms with Crippen molar-refractivity contribution in [3.8, 4) is 0 Å². The van der Waals surface area contributed by atoms with Gasteiger partial charge in [-0.25, -0.2) is 4.79 Å². The van der Waals surface area contributed by atoms with E-state index in [4.69, 9.17) is 19.3 Å². The first-order chi connectivity index (χ1) is 13.4. The van der Waals surface area contributed by atoms with Crippen LogP contribution in [0.1, 0.15) is 39.5 Å². The smallest absolute Gasteiger partial charge is 0.314 e. The molecule has 1 aliphatic rings. The molecule has 1 fully saturated rings. The fraction of sp³-hybridized carbons (Fsp3) is 0.947. The van der Waals surface area contributed by atoms with Gasteiger partial charge in [-0.2, -0.15) is 0 Å². The molecule has 1 heterocycles. The van der Waals surface area contributed by atoms with E-state index in [1.807, 2.05) is 0 Å². The number of aliphatic hydroxyl groups is 3. The molecule has 0 bridgehead atoms. The van der Waals surface area contributed by atoms with Crippen LogP contribution in [-0.2, 0) is 14.2 Å². The molecule has 2 amide bonds. The minimum atomic E-state index is -1.03. The van der Waals surface area contributed by atoms with Crippen LogP contribution in [0.2, 0.25) is 0 Å². The van der Waals surface area contributed by atoms with Crippen LogP contribution in [0.25, 0.3) is 0 Å². The third-order valence-corrected chi connectivity index (χ3v) is 4.55. The summed E-state index contributed by atoms with van der Waals surface area (Å²) in [7, 11) is 0. The molecule has 9 nitrogen and oxygen atoms in total. The van der Waals surface area contributed by atoms with E-state index in [0.717, 1.165) is 12.8 Å². The Morgan fingerprint density at radius 2 is 1.79 bits per heavy atom. The Hall–Kier alpha value is -0.970. The molecule has 0 aliphatic carbocycles. The van der Waals surface area contributed by atoms with Crippen molar-refractivity contribution in [1.82, 2.24) is 10.6 Å². The Morgan fingerprint density at radius 1 is 1.11 bits per heavy atom. The number of ether oxygens (including phenoxy) is 3. The Balaban J connectivity index is 1.90. The third-order valence-electron chi connectivity index (χ3n) is 4.55. The quantitative estimate of drug-likeness (QED) is 0.257. The van der Waals surface area contributed by atoms with Gasteiger partial charge in [-0.1, -0.05) is 13.8 Å². The molecule has 0 aromatic rings. The van der Waals surface area contributed by atoms with E-state index in [2.05, 4.69) is 24.5 Å². The number of nitrogens with one attached hydrogen (secondary N) is 2. The van der Waals surface area contributed by atoms with Crippen molar-refractivity contribution < 1.29 is 34.3 Å². The average molecular weight is 407 g/mol. The number of aliphatic hydroxyl groups excluding tert-OH is 3. The van der Waals surface area contributed by atoms with Gasteiger partial charge in [-0.15, -0.1) is 0 Å². The molecule has 0 saturated carbocycles. The maximum atomic E-state index is 11.5. The fourth-order valence-electron chi connectivity index (χ4n) is 2.89. The SMILES string of the molecule is CC(C)CCNC(=O)NCCOCCOCCCC1CC(O)C(O)C(CO)O1. The molecule has 5 N–H and O–H groups in total. The number of urea groups is 1. The molecule has 1 aliphatic heterocycles. The lowest BCUT2D eigenvalue weighted by molar-refractivity contribution is -0.181. The molecule has 28 heavy (non-hydrogen) atoms. The first-order valence-corrected chi connectivity index (χ1v) is 10.2. The molecule has 1 rings (SSSR count). The van der Waals surface area contributed by atoms with Gasteiger partial charge in [0.15, 0.2) is 0 Å². The van der Waals surface area contributed by atoms with Gasteiger partial charge in [0.1, 0.15) is 12.2 Å². The minimum Gasteiger partial charge on any atom is -0.394 e. The highest BCUT2D eigenvalue weighted by Gasteiger charge is 2.35. The maximum absolute atomic E-state index is 11.5. The molecule has 0 aromatic carbocycles. The highest BCUT2D eigenvalue weighted by Crippen LogP contribution is 2.23. The fourth-order valence-corrected chi connectivity index (χ4v) is 2.89. The van der Waals surface area contributed by atoms with Crippen molar-refractivity contribution in [2.75, 3.05) is 46.1 Å². The lowest BCUT2D eigenvalue weighted by Crippen LogP contribution is -2.49. The molecule has 0 radical (unpaired) electrons. The number of amides is 2. The second-order valence-corrected chi connectivity index (χ2v) is 7.50. The van der Waals surface area contributed by atoms with Gasteiger partial charge >= 0.3 is 6.03 Å². The summed E-state index contributed by atoms with van der Waals surface area (Å²) in [6.45, 7) is 6.93. The zero-order chi connectivity index (χ0) is 20.8. The summed E-state index contributed by atoms with van der Waals surface area (Å²) in [6.07, 6.45) is -0.0495. The van der Waals surface area contributed by atoms with E-state index in [9.17, 15) is 15.0 Å².